The molecule has 1 amide bonds. The highest BCUT2D eigenvalue weighted by Crippen LogP contribution is 2.26. The van der Waals surface area contributed by atoms with Gasteiger partial charge in [0, 0.05) is 7.05 Å². The molecule has 1 N–H and O–H groups in total. The molecule has 2 rings (SSSR count). The highest BCUT2D eigenvalue weighted by molar-refractivity contribution is 7.92. The van der Waals surface area contributed by atoms with E-state index in [-0.39, 0.29) is 18.6 Å². The SMILES string of the molecule is CC[C@H](Oc1ccc(N(C)S(C)(=O)=O)cc1)C(=O)N[C@H](C)COc1ccccc1OC. The zero-order valence-corrected chi connectivity index (χ0v) is 19.3. The molecule has 0 spiro atoms. The maximum absolute atomic E-state index is 12.6. The van der Waals surface area contributed by atoms with Crippen LogP contribution in [-0.2, 0) is 14.8 Å². The van der Waals surface area contributed by atoms with Crippen LogP contribution < -0.4 is 23.8 Å². The summed E-state index contributed by atoms with van der Waals surface area (Å²) < 4.78 is 41.3. The molecule has 8 nitrogen and oxygen atoms in total. The van der Waals surface area contributed by atoms with Gasteiger partial charge in [-0.15, -0.1) is 0 Å². The van der Waals surface area contributed by atoms with Crippen LogP contribution in [0.5, 0.6) is 17.2 Å². The summed E-state index contributed by atoms with van der Waals surface area (Å²) in [4.78, 5) is 12.6. The number of nitrogens with one attached hydrogen (secondary N) is 1. The van der Waals surface area contributed by atoms with E-state index in [4.69, 9.17) is 14.2 Å². The van der Waals surface area contributed by atoms with Crippen LogP contribution in [0.4, 0.5) is 5.69 Å². The topological polar surface area (TPSA) is 94.2 Å². The Morgan fingerprint density at radius 1 is 1.10 bits per heavy atom. The molecule has 31 heavy (non-hydrogen) atoms. The third-order valence-electron chi connectivity index (χ3n) is 4.59. The lowest BCUT2D eigenvalue weighted by atomic mass is 10.2. The van der Waals surface area contributed by atoms with E-state index in [0.29, 0.717) is 29.4 Å². The monoisotopic (exact) mass is 450 g/mol. The van der Waals surface area contributed by atoms with Crippen molar-refractivity contribution < 1.29 is 27.4 Å². The lowest BCUT2D eigenvalue weighted by Crippen LogP contribution is -2.44. The van der Waals surface area contributed by atoms with Gasteiger partial charge in [-0.1, -0.05) is 19.1 Å². The Morgan fingerprint density at radius 2 is 1.71 bits per heavy atom. The van der Waals surface area contributed by atoms with E-state index < -0.39 is 16.1 Å². The molecule has 9 heteroatoms. The first kappa shape index (κ1) is 24.3. The molecular weight excluding hydrogens is 420 g/mol. The summed E-state index contributed by atoms with van der Waals surface area (Å²) >= 11 is 0. The van der Waals surface area contributed by atoms with Crippen molar-refractivity contribution in [3.05, 3.63) is 48.5 Å². The molecule has 2 atom stereocenters. The van der Waals surface area contributed by atoms with Crippen LogP contribution >= 0.6 is 0 Å². The standard InChI is InChI=1S/C22H30N2O6S/c1-6-19(30-18-13-11-17(12-14-18)24(3)31(5,26)27)22(25)23-16(2)15-29-21-10-8-7-9-20(21)28-4/h7-14,16,19H,6,15H2,1-5H3,(H,23,25)/t16-,19+/m1/s1. The predicted molar refractivity (Wildman–Crippen MR) is 120 cm³/mol. The maximum Gasteiger partial charge on any atom is 0.261 e. The van der Waals surface area contributed by atoms with Gasteiger partial charge in [-0.3, -0.25) is 9.10 Å². The summed E-state index contributed by atoms with van der Waals surface area (Å²) in [6.07, 6.45) is 0.914. The molecule has 0 aliphatic heterocycles. The van der Waals surface area contributed by atoms with E-state index in [1.165, 1.54) is 11.4 Å². The first-order valence-corrected chi connectivity index (χ1v) is 11.8. The first-order valence-electron chi connectivity index (χ1n) is 9.92. The average Bonchev–Trinajstić information content (AvgIpc) is 2.75. The highest BCUT2D eigenvalue weighted by atomic mass is 32.2. The Labute approximate surface area is 184 Å². The zero-order chi connectivity index (χ0) is 23.0. The zero-order valence-electron chi connectivity index (χ0n) is 18.5. The minimum Gasteiger partial charge on any atom is -0.493 e. The van der Waals surface area contributed by atoms with Crippen molar-refractivity contribution in [2.24, 2.45) is 0 Å². The number of rotatable bonds is 11. The van der Waals surface area contributed by atoms with Crippen molar-refractivity contribution in [1.82, 2.24) is 5.32 Å². The van der Waals surface area contributed by atoms with Crippen LogP contribution in [0.1, 0.15) is 20.3 Å². The predicted octanol–water partition coefficient (Wildman–Crippen LogP) is 2.83. The van der Waals surface area contributed by atoms with Gasteiger partial charge < -0.3 is 19.5 Å². The fourth-order valence-corrected chi connectivity index (χ4v) is 3.25. The number of hydrogen-bond donors (Lipinski definition) is 1. The van der Waals surface area contributed by atoms with Crippen LogP contribution in [0.3, 0.4) is 0 Å². The molecule has 0 saturated heterocycles. The van der Waals surface area contributed by atoms with E-state index in [1.54, 1.807) is 43.5 Å². The van der Waals surface area contributed by atoms with Crippen molar-refractivity contribution in [1.29, 1.82) is 0 Å². The van der Waals surface area contributed by atoms with Crippen molar-refractivity contribution in [3.8, 4) is 17.2 Å². The summed E-state index contributed by atoms with van der Waals surface area (Å²) in [6, 6.07) is 13.6. The molecule has 0 aliphatic carbocycles. The summed E-state index contributed by atoms with van der Waals surface area (Å²) in [5, 5.41) is 2.89. The van der Waals surface area contributed by atoms with Gasteiger partial charge in [-0.05, 0) is 49.7 Å². The Kier molecular flexibility index (Phi) is 8.56. The molecule has 170 valence electrons. The molecule has 0 aliphatic rings. The summed E-state index contributed by atoms with van der Waals surface area (Å²) in [5.41, 5.74) is 0.509. The number of sulfonamides is 1. The Hall–Kier alpha value is -2.94. The largest absolute Gasteiger partial charge is 0.493 e. The highest BCUT2D eigenvalue weighted by Gasteiger charge is 2.21. The third-order valence-corrected chi connectivity index (χ3v) is 5.79. The number of carbonyl (C=O) groups excluding carboxylic acids is 1. The number of nitrogens with zero attached hydrogens (tertiary/aromatic N) is 1. The van der Waals surface area contributed by atoms with E-state index in [2.05, 4.69) is 5.32 Å². The number of ether oxygens (including phenoxy) is 3. The van der Waals surface area contributed by atoms with E-state index in [0.717, 1.165) is 6.26 Å². The number of methoxy groups -OCH3 is 1. The van der Waals surface area contributed by atoms with E-state index in [1.807, 2.05) is 26.0 Å². The lowest BCUT2D eigenvalue weighted by Gasteiger charge is -2.22. The molecule has 0 bridgehead atoms. The van der Waals surface area contributed by atoms with Crippen molar-refractivity contribution >= 4 is 21.6 Å². The minimum absolute atomic E-state index is 0.249. The fraction of sp³-hybridized carbons (Fsp3) is 0.409. The van der Waals surface area contributed by atoms with Crippen molar-refractivity contribution in [2.75, 3.05) is 31.3 Å². The Bertz CT molecular complexity index is 962. The molecule has 0 radical (unpaired) electrons. The van der Waals surface area contributed by atoms with Gasteiger partial charge in [0.15, 0.2) is 17.6 Å². The number of para-hydroxylation sites is 2. The van der Waals surface area contributed by atoms with Gasteiger partial charge >= 0.3 is 0 Å². The number of hydrogen-bond acceptors (Lipinski definition) is 6. The van der Waals surface area contributed by atoms with Gasteiger partial charge in [0.05, 0.1) is 25.1 Å². The normalized spacial score (nSPS) is 13.1. The second-order valence-corrected chi connectivity index (χ2v) is 9.12. The lowest BCUT2D eigenvalue weighted by molar-refractivity contribution is -0.128. The second-order valence-electron chi connectivity index (χ2n) is 7.11. The molecule has 0 unspecified atom stereocenters. The Morgan fingerprint density at radius 3 is 2.26 bits per heavy atom. The van der Waals surface area contributed by atoms with Crippen molar-refractivity contribution in [2.45, 2.75) is 32.4 Å². The number of carbonyl (C=O) groups is 1. The summed E-state index contributed by atoms with van der Waals surface area (Å²) in [7, 11) is -0.299. The maximum atomic E-state index is 12.6. The first-order chi connectivity index (χ1) is 14.7. The van der Waals surface area contributed by atoms with Gasteiger partial charge in [0.1, 0.15) is 12.4 Å². The van der Waals surface area contributed by atoms with E-state index in [9.17, 15) is 13.2 Å². The van der Waals surface area contributed by atoms with Crippen molar-refractivity contribution in [3.63, 3.8) is 0 Å². The van der Waals surface area contributed by atoms with E-state index >= 15 is 0 Å². The fourth-order valence-electron chi connectivity index (χ4n) is 2.74. The minimum atomic E-state index is -3.34. The molecular formula is C22H30N2O6S. The average molecular weight is 451 g/mol. The number of benzene rings is 2. The third kappa shape index (κ3) is 7.06. The van der Waals surface area contributed by atoms with Crippen LogP contribution in [0.15, 0.2) is 48.5 Å². The molecule has 0 saturated carbocycles. The molecule has 0 heterocycles. The van der Waals surface area contributed by atoms with Crippen LogP contribution in [-0.4, -0.2) is 53.5 Å². The molecule has 0 aromatic heterocycles. The summed E-state index contributed by atoms with van der Waals surface area (Å²) in [6.45, 7) is 3.97. The number of anilines is 1. The Balaban J connectivity index is 1.92. The van der Waals surface area contributed by atoms with Gasteiger partial charge in [-0.2, -0.15) is 0 Å². The van der Waals surface area contributed by atoms with Gasteiger partial charge in [-0.25, -0.2) is 8.42 Å². The molecule has 2 aromatic carbocycles. The smallest absolute Gasteiger partial charge is 0.261 e. The molecule has 2 aromatic rings. The van der Waals surface area contributed by atoms with Crippen LogP contribution in [0.2, 0.25) is 0 Å². The second kappa shape index (κ2) is 10.9. The number of amides is 1. The van der Waals surface area contributed by atoms with Crippen LogP contribution in [0, 0.1) is 0 Å². The summed E-state index contributed by atoms with van der Waals surface area (Å²) in [5.74, 6) is 1.45. The molecule has 0 fully saturated rings. The quantitative estimate of drug-likeness (QED) is 0.566. The van der Waals surface area contributed by atoms with Gasteiger partial charge in [0.2, 0.25) is 10.0 Å². The van der Waals surface area contributed by atoms with Gasteiger partial charge in [0.25, 0.3) is 5.91 Å². The van der Waals surface area contributed by atoms with Crippen LogP contribution in [0.25, 0.3) is 0 Å².